The normalized spacial score (nSPS) is 11.0. The van der Waals surface area contributed by atoms with E-state index in [0.29, 0.717) is 5.69 Å². The van der Waals surface area contributed by atoms with Crippen LogP contribution >= 0.6 is 0 Å². The summed E-state index contributed by atoms with van der Waals surface area (Å²) in [4.78, 5) is 17.4. The van der Waals surface area contributed by atoms with Gasteiger partial charge in [0.05, 0.1) is 11.4 Å². The van der Waals surface area contributed by atoms with Gasteiger partial charge in [-0.05, 0) is 30.3 Å². The molecule has 2 aromatic carbocycles. The second-order valence-electron chi connectivity index (χ2n) is 7.03. The van der Waals surface area contributed by atoms with E-state index in [0.717, 1.165) is 33.8 Å². The third kappa shape index (κ3) is 3.35. The van der Waals surface area contributed by atoms with Gasteiger partial charge in [-0.1, -0.05) is 48.5 Å². The zero-order valence-corrected chi connectivity index (χ0v) is 16.4. The average Bonchev–Trinajstić information content (AvgIpc) is 3.38. The molecular formula is C24H19N5O. The molecule has 0 saturated carbocycles. The first kappa shape index (κ1) is 17.9. The van der Waals surface area contributed by atoms with E-state index < -0.39 is 0 Å². The molecule has 0 unspecified atom stereocenters. The number of fused-ring (bicyclic) bond motifs is 1. The zero-order valence-electron chi connectivity index (χ0n) is 16.4. The molecule has 1 N–H and O–H groups in total. The molecule has 0 atom stereocenters. The third-order valence-corrected chi connectivity index (χ3v) is 4.98. The number of amides is 1. The lowest BCUT2D eigenvalue weighted by atomic mass is 10.1. The number of hydrogen-bond donors (Lipinski definition) is 1. The van der Waals surface area contributed by atoms with E-state index in [1.807, 2.05) is 89.6 Å². The molecule has 3 aromatic heterocycles. The summed E-state index contributed by atoms with van der Waals surface area (Å²) in [7, 11) is 1.77. The van der Waals surface area contributed by atoms with Crippen molar-refractivity contribution < 1.29 is 4.79 Å². The summed E-state index contributed by atoms with van der Waals surface area (Å²) < 4.78 is 3.58. The fourth-order valence-corrected chi connectivity index (χ4v) is 3.42. The zero-order chi connectivity index (χ0) is 20.5. The van der Waals surface area contributed by atoms with E-state index in [1.54, 1.807) is 17.8 Å². The largest absolute Gasteiger partial charge is 0.321 e. The fraction of sp³-hybridized carbons (Fsp3) is 0.0417. The Morgan fingerprint density at radius 2 is 1.60 bits per heavy atom. The Morgan fingerprint density at radius 1 is 0.867 bits per heavy atom. The Hall–Kier alpha value is -4.19. The number of nitrogens with one attached hydrogen (secondary N) is 1. The van der Waals surface area contributed by atoms with Crippen LogP contribution in [0.4, 0.5) is 5.69 Å². The molecule has 0 aliphatic carbocycles. The van der Waals surface area contributed by atoms with Gasteiger partial charge in [-0.3, -0.25) is 9.48 Å². The van der Waals surface area contributed by atoms with E-state index in [-0.39, 0.29) is 5.91 Å². The highest BCUT2D eigenvalue weighted by atomic mass is 16.2. The van der Waals surface area contributed by atoms with Crippen LogP contribution in [0.1, 0.15) is 10.5 Å². The molecule has 3 heterocycles. The van der Waals surface area contributed by atoms with Crippen molar-refractivity contribution in [1.82, 2.24) is 19.2 Å². The van der Waals surface area contributed by atoms with Gasteiger partial charge in [-0.25, -0.2) is 4.98 Å². The summed E-state index contributed by atoms with van der Waals surface area (Å²) >= 11 is 0. The highest BCUT2D eigenvalue weighted by molar-refractivity contribution is 6.03. The molecule has 146 valence electrons. The highest BCUT2D eigenvalue weighted by Gasteiger charge is 2.14. The minimum atomic E-state index is -0.201. The van der Waals surface area contributed by atoms with E-state index in [2.05, 4.69) is 15.4 Å². The van der Waals surface area contributed by atoms with Crippen LogP contribution in [0.5, 0.6) is 0 Å². The molecule has 6 nitrogen and oxygen atoms in total. The minimum Gasteiger partial charge on any atom is -0.321 e. The number of anilines is 1. The van der Waals surface area contributed by atoms with Crippen molar-refractivity contribution in [3.8, 4) is 22.5 Å². The summed E-state index contributed by atoms with van der Waals surface area (Å²) in [5.74, 6) is -0.201. The Kier molecular flexibility index (Phi) is 4.37. The predicted octanol–water partition coefficient (Wildman–Crippen LogP) is 4.65. The molecule has 0 spiro atoms. The first-order valence-corrected chi connectivity index (χ1v) is 9.62. The standard InChI is InChI=1S/C24H19N5O/c1-28-22(15-20(27-28)17-7-3-2-4-8-17)24(30)25-19-12-10-18(11-13-19)21-16-29-14-6-5-9-23(29)26-21/h2-16H,1H3,(H,25,30). The fourth-order valence-electron chi connectivity index (χ4n) is 3.42. The van der Waals surface area contributed by atoms with Crippen LogP contribution in [-0.4, -0.2) is 25.1 Å². The maximum Gasteiger partial charge on any atom is 0.273 e. The summed E-state index contributed by atoms with van der Waals surface area (Å²) in [5, 5.41) is 7.41. The Balaban J connectivity index is 1.35. The van der Waals surface area contributed by atoms with Crippen molar-refractivity contribution in [2.24, 2.45) is 7.05 Å². The molecule has 0 fully saturated rings. The highest BCUT2D eigenvalue weighted by Crippen LogP contribution is 2.22. The molecule has 5 rings (SSSR count). The lowest BCUT2D eigenvalue weighted by Gasteiger charge is -2.06. The molecule has 0 saturated heterocycles. The van der Waals surface area contributed by atoms with Gasteiger partial charge in [0.15, 0.2) is 0 Å². The topological polar surface area (TPSA) is 64.2 Å². The van der Waals surface area contributed by atoms with Gasteiger partial charge >= 0.3 is 0 Å². The molecule has 0 aliphatic heterocycles. The predicted molar refractivity (Wildman–Crippen MR) is 117 cm³/mol. The summed E-state index contributed by atoms with van der Waals surface area (Å²) in [6.07, 6.45) is 3.96. The number of aromatic nitrogens is 4. The van der Waals surface area contributed by atoms with Crippen LogP contribution in [0.2, 0.25) is 0 Å². The number of nitrogens with zero attached hydrogens (tertiary/aromatic N) is 4. The molecule has 6 heteroatoms. The van der Waals surface area contributed by atoms with Gasteiger partial charge in [0.2, 0.25) is 0 Å². The summed E-state index contributed by atoms with van der Waals surface area (Å²) in [5.41, 5.74) is 5.74. The van der Waals surface area contributed by atoms with E-state index >= 15 is 0 Å². The van der Waals surface area contributed by atoms with Gasteiger partial charge in [0.25, 0.3) is 5.91 Å². The lowest BCUT2D eigenvalue weighted by Crippen LogP contribution is -2.15. The lowest BCUT2D eigenvalue weighted by molar-refractivity contribution is 0.101. The molecule has 30 heavy (non-hydrogen) atoms. The van der Waals surface area contributed by atoms with Gasteiger partial charge in [0, 0.05) is 36.3 Å². The molecule has 0 radical (unpaired) electrons. The molecule has 1 amide bonds. The van der Waals surface area contributed by atoms with E-state index in [4.69, 9.17) is 0 Å². The number of pyridine rings is 1. The molecular weight excluding hydrogens is 374 g/mol. The number of benzene rings is 2. The molecule has 0 bridgehead atoms. The maximum atomic E-state index is 12.8. The average molecular weight is 393 g/mol. The smallest absolute Gasteiger partial charge is 0.273 e. The van der Waals surface area contributed by atoms with E-state index in [9.17, 15) is 4.79 Å². The molecule has 0 aliphatic rings. The summed E-state index contributed by atoms with van der Waals surface area (Å²) in [6, 6.07) is 25.2. The van der Waals surface area contributed by atoms with Crippen molar-refractivity contribution in [2.75, 3.05) is 5.32 Å². The Labute approximate surface area is 173 Å². The second kappa shape index (κ2) is 7.33. The minimum absolute atomic E-state index is 0.201. The van der Waals surface area contributed by atoms with E-state index in [1.165, 1.54) is 0 Å². The van der Waals surface area contributed by atoms with Crippen LogP contribution in [0, 0.1) is 0 Å². The van der Waals surface area contributed by atoms with Crippen LogP contribution < -0.4 is 5.32 Å². The number of aryl methyl sites for hydroxylation is 1. The van der Waals surface area contributed by atoms with Crippen molar-refractivity contribution in [2.45, 2.75) is 0 Å². The quantitative estimate of drug-likeness (QED) is 0.483. The SMILES string of the molecule is Cn1nc(-c2ccccc2)cc1C(=O)Nc1ccc(-c2cn3ccccc3n2)cc1. The van der Waals surface area contributed by atoms with Gasteiger partial charge in [-0.15, -0.1) is 0 Å². The number of imidazole rings is 1. The monoisotopic (exact) mass is 393 g/mol. The van der Waals surface area contributed by atoms with Gasteiger partial charge in [0.1, 0.15) is 11.3 Å². The Morgan fingerprint density at radius 3 is 2.37 bits per heavy atom. The van der Waals surface area contributed by atoms with Crippen molar-refractivity contribution >= 4 is 17.2 Å². The number of hydrogen-bond acceptors (Lipinski definition) is 3. The van der Waals surface area contributed by atoms with Crippen molar-refractivity contribution in [3.63, 3.8) is 0 Å². The number of carbonyl (C=O) groups is 1. The van der Waals surface area contributed by atoms with Crippen LogP contribution in [-0.2, 0) is 7.05 Å². The number of carbonyl (C=O) groups excluding carboxylic acids is 1. The number of rotatable bonds is 4. The van der Waals surface area contributed by atoms with Gasteiger partial charge < -0.3 is 9.72 Å². The summed E-state index contributed by atoms with van der Waals surface area (Å²) in [6.45, 7) is 0. The second-order valence-corrected chi connectivity index (χ2v) is 7.03. The maximum absolute atomic E-state index is 12.8. The third-order valence-electron chi connectivity index (χ3n) is 4.98. The first-order valence-electron chi connectivity index (χ1n) is 9.62. The van der Waals surface area contributed by atoms with Gasteiger partial charge in [-0.2, -0.15) is 5.10 Å². The first-order chi connectivity index (χ1) is 14.7. The Bertz CT molecular complexity index is 1300. The van der Waals surface area contributed by atoms with Crippen LogP contribution in [0.15, 0.2) is 91.3 Å². The van der Waals surface area contributed by atoms with Crippen LogP contribution in [0.3, 0.4) is 0 Å². The molecule has 5 aromatic rings. The van der Waals surface area contributed by atoms with Crippen LogP contribution in [0.25, 0.3) is 28.2 Å². The van der Waals surface area contributed by atoms with Crippen molar-refractivity contribution in [1.29, 1.82) is 0 Å². The van der Waals surface area contributed by atoms with Crippen molar-refractivity contribution in [3.05, 3.63) is 97.0 Å².